The van der Waals surface area contributed by atoms with Crippen LogP contribution in [-0.4, -0.2) is 13.4 Å². The molecule has 122 valence electrons. The lowest BCUT2D eigenvalue weighted by Crippen LogP contribution is -2.11. The van der Waals surface area contributed by atoms with E-state index in [4.69, 9.17) is 15.8 Å². The summed E-state index contributed by atoms with van der Waals surface area (Å²) in [4.78, 5) is 3.82. The Morgan fingerprint density at radius 1 is 1.00 bits per heavy atom. The van der Waals surface area contributed by atoms with Crippen molar-refractivity contribution in [3.8, 4) is 5.75 Å². The van der Waals surface area contributed by atoms with Crippen LogP contribution in [0.5, 0.6) is 5.75 Å². The zero-order valence-electron chi connectivity index (χ0n) is 12.6. The Labute approximate surface area is 145 Å². The predicted molar refractivity (Wildman–Crippen MR) is 92.8 cm³/mol. The van der Waals surface area contributed by atoms with Gasteiger partial charge in [0.05, 0.1) is 0 Å². The Morgan fingerprint density at radius 2 is 1.79 bits per heavy atom. The summed E-state index contributed by atoms with van der Waals surface area (Å²) in [6.45, 7) is 0. The highest BCUT2D eigenvalue weighted by atomic mass is 35.5. The van der Waals surface area contributed by atoms with Crippen molar-refractivity contribution in [3.05, 3.63) is 89.2 Å². The van der Waals surface area contributed by atoms with Crippen molar-refractivity contribution in [1.29, 1.82) is 0 Å². The van der Waals surface area contributed by atoms with Crippen molar-refractivity contribution in [2.24, 2.45) is 0 Å². The van der Waals surface area contributed by atoms with E-state index in [1.165, 1.54) is 18.5 Å². The lowest BCUT2D eigenvalue weighted by Gasteiger charge is -2.12. The van der Waals surface area contributed by atoms with Gasteiger partial charge in [-0.3, -0.25) is 4.98 Å². The maximum atomic E-state index is 12.4. The van der Waals surface area contributed by atoms with Crippen LogP contribution in [-0.2, 0) is 16.5 Å². The molecule has 3 rings (SSSR count). The van der Waals surface area contributed by atoms with Gasteiger partial charge in [0.25, 0.3) is 0 Å². The Kier molecular flexibility index (Phi) is 4.83. The number of rotatable bonds is 5. The molecule has 0 radical (unpaired) electrons. The number of aromatic nitrogens is 1. The van der Waals surface area contributed by atoms with Crippen LogP contribution in [0.25, 0.3) is 0 Å². The summed E-state index contributed by atoms with van der Waals surface area (Å²) in [5.74, 6) is 0.257. The second kappa shape index (κ2) is 7.03. The fraction of sp³-hybridized carbons (Fsp3) is 0.0556. The van der Waals surface area contributed by atoms with Crippen LogP contribution in [0.1, 0.15) is 11.1 Å². The molecule has 0 N–H and O–H groups in total. The summed E-state index contributed by atoms with van der Waals surface area (Å²) < 4.78 is 30.1. The lowest BCUT2D eigenvalue weighted by atomic mass is 10.0. The first-order chi connectivity index (χ1) is 11.5. The quantitative estimate of drug-likeness (QED) is 0.644. The summed E-state index contributed by atoms with van der Waals surface area (Å²) >= 11 is 6.06. The van der Waals surface area contributed by atoms with Gasteiger partial charge in [0, 0.05) is 29.4 Å². The van der Waals surface area contributed by atoms with E-state index in [9.17, 15) is 8.42 Å². The van der Waals surface area contributed by atoms with Crippen LogP contribution in [0.3, 0.4) is 0 Å². The van der Waals surface area contributed by atoms with Gasteiger partial charge in [-0.1, -0.05) is 41.9 Å². The van der Waals surface area contributed by atoms with Crippen LogP contribution in [0.15, 0.2) is 78.0 Å². The fourth-order valence-corrected chi connectivity index (χ4v) is 3.37. The van der Waals surface area contributed by atoms with Gasteiger partial charge in [-0.15, -0.1) is 0 Å². The smallest absolute Gasteiger partial charge is 0.340 e. The van der Waals surface area contributed by atoms with Gasteiger partial charge >= 0.3 is 10.1 Å². The first kappa shape index (κ1) is 16.5. The topological polar surface area (TPSA) is 56.3 Å². The van der Waals surface area contributed by atoms with E-state index in [2.05, 4.69) is 4.98 Å². The van der Waals surface area contributed by atoms with Crippen LogP contribution in [0.4, 0.5) is 0 Å². The molecule has 0 fully saturated rings. The van der Waals surface area contributed by atoms with Gasteiger partial charge in [-0.25, -0.2) is 0 Å². The van der Waals surface area contributed by atoms with Crippen LogP contribution >= 0.6 is 11.6 Å². The van der Waals surface area contributed by atoms with Crippen molar-refractivity contribution >= 4 is 21.7 Å². The largest absolute Gasteiger partial charge is 0.379 e. The van der Waals surface area contributed by atoms with E-state index >= 15 is 0 Å². The normalized spacial score (nSPS) is 11.2. The van der Waals surface area contributed by atoms with Crippen molar-refractivity contribution in [1.82, 2.24) is 4.98 Å². The van der Waals surface area contributed by atoms with Crippen molar-refractivity contribution in [3.63, 3.8) is 0 Å². The number of benzene rings is 2. The summed E-state index contributed by atoms with van der Waals surface area (Å²) in [6.07, 6.45) is 3.27. The average molecular weight is 360 g/mol. The van der Waals surface area contributed by atoms with Gasteiger partial charge in [-0.05, 0) is 35.9 Å². The third kappa shape index (κ3) is 3.93. The molecule has 6 heteroatoms. The Balaban J connectivity index is 1.94. The standard InChI is InChI=1S/C18H14ClNO3S/c19-16-8-9-18(15(12-16)11-14-5-2-1-3-6-14)23-24(21,22)17-7-4-10-20-13-17/h1-10,12-13H,11H2. The summed E-state index contributed by atoms with van der Waals surface area (Å²) in [5.41, 5.74) is 1.73. The van der Waals surface area contributed by atoms with E-state index in [0.717, 1.165) is 5.56 Å². The number of halogens is 1. The molecule has 2 aromatic carbocycles. The van der Waals surface area contributed by atoms with Gasteiger partial charge < -0.3 is 4.18 Å². The van der Waals surface area contributed by atoms with Crippen molar-refractivity contribution in [2.45, 2.75) is 11.3 Å². The van der Waals surface area contributed by atoms with Gasteiger partial charge in [0.15, 0.2) is 0 Å². The molecule has 1 heterocycles. The second-order valence-electron chi connectivity index (χ2n) is 5.14. The molecule has 0 aliphatic heterocycles. The van der Waals surface area contributed by atoms with E-state index in [1.807, 2.05) is 30.3 Å². The Hall–Kier alpha value is -2.37. The van der Waals surface area contributed by atoms with Gasteiger partial charge in [0.2, 0.25) is 0 Å². The minimum absolute atomic E-state index is 0.00520. The molecule has 0 atom stereocenters. The zero-order valence-corrected chi connectivity index (χ0v) is 14.2. The van der Waals surface area contributed by atoms with Crippen molar-refractivity contribution < 1.29 is 12.6 Å². The molecular formula is C18H14ClNO3S. The van der Waals surface area contributed by atoms with Crippen LogP contribution < -0.4 is 4.18 Å². The first-order valence-electron chi connectivity index (χ1n) is 7.21. The number of nitrogens with zero attached hydrogens (tertiary/aromatic N) is 1. The third-order valence-electron chi connectivity index (χ3n) is 3.38. The monoisotopic (exact) mass is 359 g/mol. The van der Waals surface area contributed by atoms with Crippen LogP contribution in [0, 0.1) is 0 Å². The summed E-state index contributed by atoms with van der Waals surface area (Å²) in [7, 11) is -3.95. The fourth-order valence-electron chi connectivity index (χ4n) is 2.24. The average Bonchev–Trinajstić information content (AvgIpc) is 2.59. The number of hydrogen-bond donors (Lipinski definition) is 0. The molecule has 0 bridgehead atoms. The molecule has 0 amide bonds. The molecule has 0 aliphatic carbocycles. The summed E-state index contributed by atoms with van der Waals surface area (Å²) in [6, 6.07) is 17.5. The molecule has 0 saturated heterocycles. The Morgan fingerprint density at radius 3 is 2.50 bits per heavy atom. The third-order valence-corrected chi connectivity index (χ3v) is 4.84. The maximum Gasteiger partial charge on any atom is 0.340 e. The maximum absolute atomic E-state index is 12.4. The lowest BCUT2D eigenvalue weighted by molar-refractivity contribution is 0.483. The molecule has 24 heavy (non-hydrogen) atoms. The molecule has 0 aliphatic rings. The first-order valence-corrected chi connectivity index (χ1v) is 9.00. The molecular weight excluding hydrogens is 346 g/mol. The SMILES string of the molecule is O=S(=O)(Oc1ccc(Cl)cc1Cc1ccccc1)c1cccnc1. The molecule has 3 aromatic rings. The van der Waals surface area contributed by atoms with E-state index in [1.54, 1.807) is 24.3 Å². The molecule has 0 saturated carbocycles. The summed E-state index contributed by atoms with van der Waals surface area (Å²) in [5, 5.41) is 0.520. The molecule has 0 unspecified atom stereocenters. The highest BCUT2D eigenvalue weighted by Crippen LogP contribution is 2.28. The second-order valence-corrected chi connectivity index (χ2v) is 7.12. The van der Waals surface area contributed by atoms with Crippen molar-refractivity contribution in [2.75, 3.05) is 0 Å². The highest BCUT2D eigenvalue weighted by molar-refractivity contribution is 7.87. The minimum atomic E-state index is -3.95. The molecule has 1 aromatic heterocycles. The Bertz CT molecular complexity index is 929. The van der Waals surface area contributed by atoms with Gasteiger partial charge in [0.1, 0.15) is 10.6 Å². The molecule has 4 nitrogen and oxygen atoms in total. The van der Waals surface area contributed by atoms with Crippen LogP contribution in [0.2, 0.25) is 5.02 Å². The minimum Gasteiger partial charge on any atom is -0.379 e. The predicted octanol–water partition coefficient (Wildman–Crippen LogP) is 4.09. The highest BCUT2D eigenvalue weighted by Gasteiger charge is 2.19. The van der Waals surface area contributed by atoms with E-state index < -0.39 is 10.1 Å². The van der Waals surface area contributed by atoms with E-state index in [-0.39, 0.29) is 10.6 Å². The number of pyridine rings is 1. The molecule has 0 spiro atoms. The zero-order chi connectivity index (χ0) is 17.0. The van der Waals surface area contributed by atoms with E-state index in [0.29, 0.717) is 17.0 Å². The van der Waals surface area contributed by atoms with Gasteiger partial charge in [-0.2, -0.15) is 8.42 Å². The number of hydrogen-bond acceptors (Lipinski definition) is 4.